The fraction of sp³-hybridized carbons (Fsp3) is 0.556. The highest BCUT2D eigenvalue weighted by Gasteiger charge is 2.49. The molecule has 76 valence electrons. The van der Waals surface area contributed by atoms with Crippen LogP contribution in [0.1, 0.15) is 25.0 Å². The summed E-state index contributed by atoms with van der Waals surface area (Å²) in [5.74, 6) is -0.778. The number of halogens is 1. The van der Waals surface area contributed by atoms with Crippen molar-refractivity contribution >= 4 is 17.6 Å². The first kappa shape index (κ1) is 9.52. The molecule has 14 heavy (non-hydrogen) atoms. The number of carbonyl (C=O) groups is 1. The zero-order chi connectivity index (χ0) is 10.3. The second-order valence-corrected chi connectivity index (χ2v) is 4.20. The minimum Gasteiger partial charge on any atom is -0.481 e. The first-order valence-corrected chi connectivity index (χ1v) is 4.82. The number of carboxylic acids is 1. The van der Waals surface area contributed by atoms with Gasteiger partial charge in [-0.3, -0.25) is 4.79 Å². The Balaban J connectivity index is 2.34. The fourth-order valence-electron chi connectivity index (χ4n) is 1.93. The Morgan fingerprint density at radius 2 is 2.43 bits per heavy atom. The van der Waals surface area contributed by atoms with Crippen molar-refractivity contribution in [3.8, 4) is 0 Å². The fourth-order valence-corrected chi connectivity index (χ4v) is 2.31. The molecular weight excluding hydrogens is 204 g/mol. The van der Waals surface area contributed by atoms with Gasteiger partial charge in [-0.25, -0.2) is 4.98 Å². The number of nitrogens with zero attached hydrogens (tertiary/aromatic N) is 2. The molecule has 1 aliphatic carbocycles. The molecule has 0 radical (unpaired) electrons. The Hall–Kier alpha value is -1.03. The molecule has 1 saturated carbocycles. The number of rotatable bonds is 3. The Kier molecular flexibility index (Phi) is 2.03. The normalized spacial score (nSPS) is 18.1. The number of hydrogen-bond donors (Lipinski definition) is 1. The summed E-state index contributed by atoms with van der Waals surface area (Å²) in [5.41, 5.74) is 0.607. The van der Waals surface area contributed by atoms with E-state index in [1.165, 1.54) is 0 Å². The van der Waals surface area contributed by atoms with E-state index in [9.17, 15) is 4.79 Å². The summed E-state index contributed by atoms with van der Waals surface area (Å²) in [5, 5.41) is 9.23. The largest absolute Gasteiger partial charge is 0.481 e. The van der Waals surface area contributed by atoms with E-state index < -0.39 is 5.97 Å². The monoisotopic (exact) mass is 214 g/mol. The van der Waals surface area contributed by atoms with E-state index in [0.717, 1.165) is 18.5 Å². The van der Waals surface area contributed by atoms with Gasteiger partial charge in [0.25, 0.3) is 0 Å². The van der Waals surface area contributed by atoms with E-state index in [4.69, 9.17) is 16.7 Å². The van der Waals surface area contributed by atoms with Crippen LogP contribution in [0.5, 0.6) is 0 Å². The van der Waals surface area contributed by atoms with Crippen LogP contribution in [0.4, 0.5) is 0 Å². The van der Waals surface area contributed by atoms with Gasteiger partial charge in [-0.2, -0.15) is 0 Å². The van der Waals surface area contributed by atoms with E-state index >= 15 is 0 Å². The molecule has 1 heterocycles. The second-order valence-electron chi connectivity index (χ2n) is 3.85. The zero-order valence-electron chi connectivity index (χ0n) is 7.83. The summed E-state index contributed by atoms with van der Waals surface area (Å²) >= 11 is 5.93. The molecule has 0 saturated heterocycles. The van der Waals surface area contributed by atoms with Gasteiger partial charge in [0.1, 0.15) is 0 Å². The average molecular weight is 215 g/mol. The van der Waals surface area contributed by atoms with Gasteiger partial charge in [-0.05, 0) is 12.8 Å². The maximum absolute atomic E-state index is 10.7. The van der Waals surface area contributed by atoms with E-state index in [1.54, 1.807) is 6.33 Å². The van der Waals surface area contributed by atoms with Gasteiger partial charge >= 0.3 is 5.97 Å². The molecule has 0 aliphatic heterocycles. The van der Waals surface area contributed by atoms with Gasteiger partial charge in [0.05, 0.1) is 18.4 Å². The minimum absolute atomic E-state index is 0.145. The van der Waals surface area contributed by atoms with Crippen LogP contribution in [0.3, 0.4) is 0 Å². The third-order valence-electron chi connectivity index (χ3n) is 2.74. The van der Waals surface area contributed by atoms with Crippen LogP contribution >= 0.6 is 11.6 Å². The lowest BCUT2D eigenvalue weighted by atomic mass is 9.99. The number of aromatic nitrogens is 2. The molecular formula is C9H11ClN2O2. The van der Waals surface area contributed by atoms with Crippen LogP contribution in [0.2, 0.25) is 5.15 Å². The average Bonchev–Trinajstić information content (AvgIpc) is 2.73. The maximum Gasteiger partial charge on any atom is 0.304 e. The first-order valence-electron chi connectivity index (χ1n) is 4.44. The molecule has 0 bridgehead atoms. The summed E-state index contributed by atoms with van der Waals surface area (Å²) < 4.78 is 1.82. The van der Waals surface area contributed by atoms with E-state index in [0.29, 0.717) is 5.15 Å². The van der Waals surface area contributed by atoms with Gasteiger partial charge in [-0.1, -0.05) is 11.6 Å². The van der Waals surface area contributed by atoms with Gasteiger partial charge < -0.3 is 9.67 Å². The third-order valence-corrected chi connectivity index (χ3v) is 3.01. The number of aliphatic carboxylic acids is 1. The Labute approximate surface area is 86.5 Å². The predicted octanol–water partition coefficient (Wildman–Crippen LogP) is 1.58. The Morgan fingerprint density at radius 3 is 2.79 bits per heavy atom. The van der Waals surface area contributed by atoms with E-state index in [-0.39, 0.29) is 11.8 Å². The van der Waals surface area contributed by atoms with Crippen molar-refractivity contribution in [1.82, 2.24) is 9.55 Å². The summed E-state index contributed by atoms with van der Waals surface area (Å²) in [7, 11) is 1.84. The minimum atomic E-state index is -0.778. The topological polar surface area (TPSA) is 55.1 Å². The number of imidazole rings is 1. The van der Waals surface area contributed by atoms with Crippen LogP contribution in [0.25, 0.3) is 0 Å². The van der Waals surface area contributed by atoms with Crippen molar-refractivity contribution in [2.24, 2.45) is 7.05 Å². The van der Waals surface area contributed by atoms with Gasteiger partial charge in [-0.15, -0.1) is 0 Å². The standard InChI is InChI=1S/C9H11ClN2O2/c1-12-5-11-8(10)7(12)9(2-3-9)4-6(13)14/h5H,2-4H2,1H3,(H,13,14). The smallest absolute Gasteiger partial charge is 0.304 e. The molecule has 0 amide bonds. The van der Waals surface area contributed by atoms with Crippen LogP contribution < -0.4 is 0 Å². The van der Waals surface area contributed by atoms with Crippen LogP contribution in [-0.4, -0.2) is 20.6 Å². The number of hydrogen-bond acceptors (Lipinski definition) is 2. The van der Waals surface area contributed by atoms with Crippen molar-refractivity contribution in [2.75, 3.05) is 0 Å². The molecule has 4 nitrogen and oxygen atoms in total. The predicted molar refractivity (Wildman–Crippen MR) is 51.4 cm³/mol. The number of aryl methyl sites for hydroxylation is 1. The molecule has 1 aromatic rings. The van der Waals surface area contributed by atoms with Crippen LogP contribution in [-0.2, 0) is 17.3 Å². The van der Waals surface area contributed by atoms with Crippen molar-refractivity contribution in [2.45, 2.75) is 24.7 Å². The molecule has 1 fully saturated rings. The van der Waals surface area contributed by atoms with Gasteiger partial charge in [0.2, 0.25) is 0 Å². The summed E-state index contributed by atoms with van der Waals surface area (Å²) in [6.07, 6.45) is 3.54. The van der Waals surface area contributed by atoms with Gasteiger partial charge in [0.15, 0.2) is 5.15 Å². The molecule has 1 aromatic heterocycles. The first-order chi connectivity index (χ1) is 6.55. The van der Waals surface area contributed by atoms with E-state index in [2.05, 4.69) is 4.98 Å². The molecule has 2 rings (SSSR count). The lowest BCUT2D eigenvalue weighted by molar-refractivity contribution is -0.137. The van der Waals surface area contributed by atoms with Crippen molar-refractivity contribution < 1.29 is 9.90 Å². The van der Waals surface area contributed by atoms with Crippen molar-refractivity contribution in [3.63, 3.8) is 0 Å². The molecule has 0 atom stereocenters. The summed E-state index contributed by atoms with van der Waals surface area (Å²) in [4.78, 5) is 14.7. The maximum atomic E-state index is 10.7. The lowest BCUT2D eigenvalue weighted by Crippen LogP contribution is -2.16. The second kappa shape index (κ2) is 2.98. The Bertz CT molecular complexity index is 363. The van der Waals surface area contributed by atoms with Crippen molar-refractivity contribution in [1.29, 1.82) is 0 Å². The highest BCUT2D eigenvalue weighted by atomic mass is 35.5. The molecule has 0 unspecified atom stereocenters. The Morgan fingerprint density at radius 1 is 1.79 bits per heavy atom. The van der Waals surface area contributed by atoms with Crippen LogP contribution in [0.15, 0.2) is 6.33 Å². The summed E-state index contributed by atoms with van der Waals surface area (Å²) in [6.45, 7) is 0. The van der Waals surface area contributed by atoms with Crippen LogP contribution in [0, 0.1) is 0 Å². The molecule has 0 aromatic carbocycles. The summed E-state index contributed by atoms with van der Waals surface area (Å²) in [6, 6.07) is 0. The lowest BCUT2D eigenvalue weighted by Gasteiger charge is -2.13. The highest BCUT2D eigenvalue weighted by molar-refractivity contribution is 6.30. The highest BCUT2D eigenvalue weighted by Crippen LogP contribution is 2.52. The van der Waals surface area contributed by atoms with Crippen molar-refractivity contribution in [3.05, 3.63) is 17.2 Å². The van der Waals surface area contributed by atoms with Gasteiger partial charge in [0, 0.05) is 12.5 Å². The quantitative estimate of drug-likeness (QED) is 0.831. The zero-order valence-corrected chi connectivity index (χ0v) is 8.58. The third kappa shape index (κ3) is 1.39. The molecule has 1 aliphatic rings. The number of carboxylic acid groups (broad SMARTS) is 1. The SMILES string of the molecule is Cn1cnc(Cl)c1C1(CC(=O)O)CC1. The van der Waals surface area contributed by atoms with E-state index in [1.807, 2.05) is 11.6 Å². The molecule has 1 N–H and O–H groups in total. The molecule has 5 heteroatoms. The molecule has 0 spiro atoms.